The third-order valence-electron chi connectivity index (χ3n) is 9.93. The largest absolute Gasteiger partial charge is 0.444 e. The lowest BCUT2D eigenvalue weighted by Crippen LogP contribution is -2.58. The molecule has 274 valence electrons. The molecule has 0 radical (unpaired) electrons. The quantitative estimate of drug-likeness (QED) is 0.128. The van der Waals surface area contributed by atoms with Crippen molar-refractivity contribution in [2.75, 3.05) is 0 Å². The monoisotopic (exact) mass is 717 g/mol. The number of hydrogen-bond donors (Lipinski definition) is 6. The first-order valence-electron chi connectivity index (χ1n) is 17.8. The van der Waals surface area contributed by atoms with Gasteiger partial charge in [0, 0.05) is 59.4 Å². The van der Waals surface area contributed by atoms with Gasteiger partial charge in [-0.25, -0.2) is 4.79 Å². The molecule has 7 N–H and O–H groups in total. The summed E-state index contributed by atoms with van der Waals surface area (Å²) >= 11 is 0. The molecule has 5 atom stereocenters. The van der Waals surface area contributed by atoms with Gasteiger partial charge in [-0.15, -0.1) is 0 Å². The third kappa shape index (κ3) is 7.32. The first-order chi connectivity index (χ1) is 25.4. The molecular formula is C40H43N7O6. The van der Waals surface area contributed by atoms with Gasteiger partial charge in [0.05, 0.1) is 6.04 Å². The van der Waals surface area contributed by atoms with Gasteiger partial charge >= 0.3 is 6.09 Å². The molecule has 2 aliphatic heterocycles. The Bertz CT molecular complexity index is 2200. The number of nitrogens with one attached hydrogen (secondary N) is 5. The van der Waals surface area contributed by atoms with Crippen LogP contribution in [0.3, 0.4) is 0 Å². The van der Waals surface area contributed by atoms with E-state index in [-0.39, 0.29) is 25.7 Å². The summed E-state index contributed by atoms with van der Waals surface area (Å²) in [5.74, 6) is -2.24. The van der Waals surface area contributed by atoms with E-state index >= 15 is 0 Å². The summed E-state index contributed by atoms with van der Waals surface area (Å²) in [5, 5.41) is 10.3. The Balaban J connectivity index is 1.17. The Morgan fingerprint density at radius 1 is 0.887 bits per heavy atom. The maximum atomic E-state index is 14.4. The van der Waals surface area contributed by atoms with Gasteiger partial charge in [0.1, 0.15) is 29.8 Å². The molecule has 3 aromatic carbocycles. The van der Waals surface area contributed by atoms with Crippen LogP contribution in [0.15, 0.2) is 85.1 Å². The molecule has 7 rings (SSSR count). The number of nitrogens with two attached hydrogens (primary N) is 1. The highest BCUT2D eigenvalue weighted by atomic mass is 16.6. The SMILES string of the molecule is CC(C)(C)OC(=O)N[C@H](Cc1c[nH]c2ccccc12)C(=O)N[C@@H]1C[C@H]2c3[nH]c4ccccc4c3C[C@H](C(=O)N[C@@H](Cc3ccccc3)C(N)=O)N2C1=O. The number of fused-ring (bicyclic) bond motifs is 6. The molecule has 0 saturated carbocycles. The number of aromatic amines is 2. The molecule has 0 unspecified atom stereocenters. The van der Waals surface area contributed by atoms with Crippen LogP contribution in [0.5, 0.6) is 0 Å². The Morgan fingerprint density at radius 3 is 2.28 bits per heavy atom. The van der Waals surface area contributed by atoms with Crippen LogP contribution in [0.2, 0.25) is 0 Å². The summed E-state index contributed by atoms with van der Waals surface area (Å²) in [5.41, 5.74) is 9.98. The molecule has 2 aromatic heterocycles. The van der Waals surface area contributed by atoms with E-state index in [1.54, 1.807) is 27.0 Å². The number of amides is 5. The van der Waals surface area contributed by atoms with Gasteiger partial charge in [0.2, 0.25) is 23.6 Å². The molecule has 5 aromatic rings. The molecule has 1 saturated heterocycles. The smallest absolute Gasteiger partial charge is 0.408 e. The Hall–Kier alpha value is -6.11. The molecule has 0 spiro atoms. The van der Waals surface area contributed by atoms with Crippen molar-refractivity contribution in [3.8, 4) is 0 Å². The first kappa shape index (κ1) is 35.3. The molecule has 2 aliphatic rings. The number of alkyl carbamates (subject to hydrolysis) is 1. The second-order valence-corrected chi connectivity index (χ2v) is 14.8. The standard InChI is InChI=1S/C40H43N7O6/c1-40(2,3)53-39(52)46-30(18-23-21-42-27-15-9-7-13-24(23)27)36(49)45-31-20-32-34-26(25-14-8-10-16-28(25)43-34)19-33(47(32)38(31)51)37(50)44-29(35(41)48)17-22-11-5-4-6-12-22/h4-16,21,29-33,42-43H,17-20H2,1-3H3,(H2,41,48)(H,44,50)(H,45,49)(H,46,52)/t29-,30+,31+,32-,33+/m0/s1. The van der Waals surface area contributed by atoms with Gasteiger partial charge in [-0.3, -0.25) is 19.2 Å². The van der Waals surface area contributed by atoms with E-state index < -0.39 is 65.5 Å². The lowest BCUT2D eigenvalue weighted by Gasteiger charge is -2.37. The minimum atomic E-state index is -1.09. The molecule has 4 heterocycles. The lowest BCUT2D eigenvalue weighted by molar-refractivity contribution is -0.142. The number of primary amides is 1. The molecule has 53 heavy (non-hydrogen) atoms. The normalized spacial score (nSPS) is 19.3. The highest BCUT2D eigenvalue weighted by molar-refractivity contribution is 5.98. The van der Waals surface area contributed by atoms with E-state index in [9.17, 15) is 24.0 Å². The zero-order chi connectivity index (χ0) is 37.4. The summed E-state index contributed by atoms with van der Waals surface area (Å²) in [6, 6.07) is 19.9. The number of H-pyrrole nitrogens is 2. The van der Waals surface area contributed by atoms with Crippen molar-refractivity contribution in [1.82, 2.24) is 30.8 Å². The van der Waals surface area contributed by atoms with Gasteiger partial charge in [0.25, 0.3) is 0 Å². The second kappa shape index (κ2) is 14.1. The van der Waals surface area contributed by atoms with Crippen LogP contribution in [-0.2, 0) is 43.2 Å². The molecular weight excluding hydrogens is 674 g/mol. The van der Waals surface area contributed by atoms with Crippen LogP contribution in [0.1, 0.15) is 55.6 Å². The number of rotatable bonds is 10. The zero-order valence-corrected chi connectivity index (χ0v) is 29.8. The zero-order valence-electron chi connectivity index (χ0n) is 29.8. The van der Waals surface area contributed by atoms with E-state index in [0.717, 1.165) is 44.2 Å². The fraction of sp³-hybridized carbons (Fsp3) is 0.325. The summed E-state index contributed by atoms with van der Waals surface area (Å²) in [6.07, 6.45) is 1.69. The lowest BCUT2D eigenvalue weighted by atomic mass is 9.91. The number of carbonyl (C=O) groups is 5. The second-order valence-electron chi connectivity index (χ2n) is 14.8. The topological polar surface area (TPSA) is 192 Å². The van der Waals surface area contributed by atoms with Crippen molar-refractivity contribution in [2.45, 2.75) is 82.3 Å². The van der Waals surface area contributed by atoms with E-state index in [4.69, 9.17) is 10.5 Å². The van der Waals surface area contributed by atoms with Crippen LogP contribution in [0.4, 0.5) is 4.79 Å². The Morgan fingerprint density at radius 2 is 1.57 bits per heavy atom. The number of ether oxygens (including phenoxy) is 1. The van der Waals surface area contributed by atoms with Gasteiger partial charge in [-0.2, -0.15) is 0 Å². The van der Waals surface area contributed by atoms with Crippen molar-refractivity contribution in [1.29, 1.82) is 0 Å². The van der Waals surface area contributed by atoms with E-state index in [0.29, 0.717) is 0 Å². The predicted molar refractivity (Wildman–Crippen MR) is 198 cm³/mol. The van der Waals surface area contributed by atoms with Crippen molar-refractivity contribution in [2.24, 2.45) is 5.73 Å². The van der Waals surface area contributed by atoms with Gasteiger partial charge in [-0.05, 0) is 49.6 Å². The fourth-order valence-electron chi connectivity index (χ4n) is 7.55. The average molecular weight is 718 g/mol. The van der Waals surface area contributed by atoms with Crippen molar-refractivity contribution in [3.05, 3.63) is 107 Å². The number of aromatic nitrogens is 2. The maximum Gasteiger partial charge on any atom is 0.408 e. The number of para-hydroxylation sites is 2. The number of nitrogens with zero attached hydrogens (tertiary/aromatic N) is 1. The number of carbonyl (C=O) groups excluding carboxylic acids is 5. The van der Waals surface area contributed by atoms with Crippen LogP contribution < -0.4 is 21.7 Å². The molecule has 5 amide bonds. The van der Waals surface area contributed by atoms with Crippen molar-refractivity contribution in [3.63, 3.8) is 0 Å². The summed E-state index contributed by atoms with van der Waals surface area (Å²) in [6.45, 7) is 5.19. The highest BCUT2D eigenvalue weighted by Crippen LogP contribution is 2.43. The van der Waals surface area contributed by atoms with Gasteiger partial charge < -0.3 is 41.3 Å². The van der Waals surface area contributed by atoms with Crippen molar-refractivity contribution >= 4 is 51.5 Å². The maximum absolute atomic E-state index is 14.4. The predicted octanol–water partition coefficient (Wildman–Crippen LogP) is 3.68. The van der Waals surface area contributed by atoms with Crippen LogP contribution in [0, 0.1) is 0 Å². The number of benzene rings is 3. The summed E-state index contributed by atoms with van der Waals surface area (Å²) in [7, 11) is 0. The fourth-order valence-corrected chi connectivity index (χ4v) is 7.55. The Labute approximate surface area is 306 Å². The van der Waals surface area contributed by atoms with Crippen molar-refractivity contribution < 1.29 is 28.7 Å². The van der Waals surface area contributed by atoms with Crippen LogP contribution in [-0.4, -0.2) is 74.4 Å². The van der Waals surface area contributed by atoms with Gasteiger partial charge in [-0.1, -0.05) is 66.7 Å². The molecule has 0 bridgehead atoms. The molecule has 13 heteroatoms. The first-order valence-corrected chi connectivity index (χ1v) is 17.8. The summed E-state index contributed by atoms with van der Waals surface area (Å²) < 4.78 is 5.49. The van der Waals surface area contributed by atoms with E-state index in [2.05, 4.69) is 25.9 Å². The molecule has 0 aliphatic carbocycles. The summed E-state index contributed by atoms with van der Waals surface area (Å²) in [4.78, 5) is 76.3. The van der Waals surface area contributed by atoms with Crippen LogP contribution in [0.25, 0.3) is 21.8 Å². The van der Waals surface area contributed by atoms with Crippen LogP contribution >= 0.6 is 0 Å². The van der Waals surface area contributed by atoms with E-state index in [1.165, 1.54) is 4.90 Å². The molecule has 1 fully saturated rings. The Kier molecular flexibility index (Phi) is 9.41. The average Bonchev–Trinajstić information content (AvgIpc) is 3.80. The van der Waals surface area contributed by atoms with Gasteiger partial charge in [0.15, 0.2) is 0 Å². The van der Waals surface area contributed by atoms with E-state index in [1.807, 2.05) is 78.9 Å². The minimum absolute atomic E-state index is 0.121. The minimum Gasteiger partial charge on any atom is -0.444 e. The number of hydrogen-bond acceptors (Lipinski definition) is 6. The molecule has 13 nitrogen and oxygen atoms in total. The highest BCUT2D eigenvalue weighted by Gasteiger charge is 2.51. The third-order valence-corrected chi connectivity index (χ3v) is 9.93.